The molecule has 1 aromatic heterocycles. The van der Waals surface area contributed by atoms with Crippen LogP contribution in [0, 0.1) is 6.92 Å². The van der Waals surface area contributed by atoms with Crippen LogP contribution in [0.1, 0.15) is 19.5 Å². The molecule has 0 saturated heterocycles. The molecule has 2 aromatic rings. The standard InChI is InChI=1S/C19H24BrN3O2/c1-5-23(4)13-21-18-11-17(20)19(22-15(18)3)25-14(2)12-24-16-9-7-6-8-10-16/h6-11,13-14H,5,12H2,1-4H3. The molecule has 0 amide bonds. The second-order valence-corrected chi connectivity index (χ2v) is 6.60. The van der Waals surface area contributed by atoms with Crippen molar-refractivity contribution in [2.24, 2.45) is 4.99 Å². The number of nitrogens with zero attached hydrogens (tertiary/aromatic N) is 3. The van der Waals surface area contributed by atoms with Crippen molar-refractivity contribution in [3.8, 4) is 11.6 Å². The predicted molar refractivity (Wildman–Crippen MR) is 105 cm³/mol. The zero-order chi connectivity index (χ0) is 18.2. The van der Waals surface area contributed by atoms with Gasteiger partial charge in [0.25, 0.3) is 0 Å². The lowest BCUT2D eigenvalue weighted by Gasteiger charge is -2.17. The van der Waals surface area contributed by atoms with Crippen molar-refractivity contribution in [2.75, 3.05) is 20.2 Å². The highest BCUT2D eigenvalue weighted by molar-refractivity contribution is 9.10. The molecule has 0 saturated carbocycles. The van der Waals surface area contributed by atoms with Crippen LogP contribution in [0.5, 0.6) is 11.6 Å². The summed E-state index contributed by atoms with van der Waals surface area (Å²) in [6.07, 6.45) is 1.66. The summed E-state index contributed by atoms with van der Waals surface area (Å²) >= 11 is 3.51. The van der Waals surface area contributed by atoms with E-state index in [1.165, 1.54) is 0 Å². The van der Waals surface area contributed by atoms with E-state index in [4.69, 9.17) is 9.47 Å². The number of rotatable bonds is 8. The van der Waals surface area contributed by atoms with Crippen LogP contribution >= 0.6 is 15.9 Å². The van der Waals surface area contributed by atoms with Gasteiger partial charge in [0.1, 0.15) is 18.5 Å². The van der Waals surface area contributed by atoms with Crippen molar-refractivity contribution in [1.82, 2.24) is 9.88 Å². The number of benzene rings is 1. The zero-order valence-electron chi connectivity index (χ0n) is 15.1. The monoisotopic (exact) mass is 405 g/mol. The summed E-state index contributed by atoms with van der Waals surface area (Å²) in [5.74, 6) is 1.37. The molecular formula is C19H24BrN3O2. The fourth-order valence-corrected chi connectivity index (χ4v) is 2.36. The van der Waals surface area contributed by atoms with E-state index >= 15 is 0 Å². The Morgan fingerprint density at radius 3 is 2.72 bits per heavy atom. The quantitative estimate of drug-likeness (QED) is 0.475. The lowest BCUT2D eigenvalue weighted by Crippen LogP contribution is -2.21. The largest absolute Gasteiger partial charge is 0.490 e. The molecule has 1 unspecified atom stereocenters. The van der Waals surface area contributed by atoms with E-state index in [0.717, 1.165) is 28.1 Å². The normalized spacial score (nSPS) is 12.2. The molecule has 2 rings (SSSR count). The summed E-state index contributed by atoms with van der Waals surface area (Å²) < 4.78 is 12.4. The first-order valence-corrected chi connectivity index (χ1v) is 9.05. The van der Waals surface area contributed by atoms with Crippen LogP contribution in [-0.2, 0) is 0 Å². The molecule has 1 atom stereocenters. The van der Waals surface area contributed by atoms with Crippen molar-refractivity contribution >= 4 is 28.0 Å². The van der Waals surface area contributed by atoms with Gasteiger partial charge in [-0.3, -0.25) is 0 Å². The summed E-state index contributed by atoms with van der Waals surface area (Å²) in [7, 11) is 1.98. The second kappa shape index (κ2) is 9.42. The minimum Gasteiger partial charge on any atom is -0.490 e. The molecule has 0 N–H and O–H groups in total. The van der Waals surface area contributed by atoms with Crippen LogP contribution in [0.3, 0.4) is 0 Å². The molecule has 0 aliphatic rings. The summed E-state index contributed by atoms with van der Waals surface area (Å²) in [4.78, 5) is 11.0. The third kappa shape index (κ3) is 6.05. The van der Waals surface area contributed by atoms with E-state index in [0.29, 0.717) is 12.5 Å². The van der Waals surface area contributed by atoms with Crippen LogP contribution in [-0.4, -0.2) is 42.5 Å². The first-order valence-electron chi connectivity index (χ1n) is 8.25. The van der Waals surface area contributed by atoms with Crippen molar-refractivity contribution in [3.05, 3.63) is 46.6 Å². The maximum Gasteiger partial charge on any atom is 0.228 e. The number of hydrogen-bond acceptors (Lipinski definition) is 4. The number of aliphatic imine (C=N–C) groups is 1. The average Bonchev–Trinajstić information content (AvgIpc) is 2.62. The van der Waals surface area contributed by atoms with Crippen molar-refractivity contribution in [1.29, 1.82) is 0 Å². The molecule has 6 heteroatoms. The first-order chi connectivity index (χ1) is 12.0. The molecule has 1 aromatic carbocycles. The molecule has 0 radical (unpaired) electrons. The number of pyridine rings is 1. The van der Waals surface area contributed by atoms with Gasteiger partial charge in [0.2, 0.25) is 5.88 Å². The molecule has 25 heavy (non-hydrogen) atoms. The van der Waals surface area contributed by atoms with Gasteiger partial charge in [-0.1, -0.05) is 18.2 Å². The number of halogens is 1. The molecule has 0 aliphatic carbocycles. The summed E-state index contributed by atoms with van der Waals surface area (Å²) in [6.45, 7) is 7.29. The van der Waals surface area contributed by atoms with E-state index in [-0.39, 0.29) is 6.10 Å². The van der Waals surface area contributed by atoms with Gasteiger partial charge in [0.15, 0.2) is 0 Å². The van der Waals surface area contributed by atoms with E-state index in [2.05, 4.69) is 32.8 Å². The Morgan fingerprint density at radius 1 is 1.32 bits per heavy atom. The number of para-hydroxylation sites is 1. The number of ether oxygens (including phenoxy) is 2. The Kier molecular flexibility index (Phi) is 7.25. The van der Waals surface area contributed by atoms with E-state index in [1.54, 1.807) is 6.34 Å². The predicted octanol–water partition coefficient (Wildman–Crippen LogP) is 4.61. The van der Waals surface area contributed by atoms with Gasteiger partial charge in [-0.05, 0) is 54.9 Å². The first kappa shape index (κ1) is 19.2. The molecule has 0 aliphatic heterocycles. The highest BCUT2D eigenvalue weighted by Crippen LogP contribution is 2.30. The summed E-state index contributed by atoms with van der Waals surface area (Å²) in [6, 6.07) is 11.6. The van der Waals surface area contributed by atoms with Crippen molar-refractivity contribution in [2.45, 2.75) is 26.9 Å². The minimum atomic E-state index is -0.135. The highest BCUT2D eigenvalue weighted by Gasteiger charge is 2.12. The molecule has 5 nitrogen and oxygen atoms in total. The Hall–Kier alpha value is -2.08. The minimum absolute atomic E-state index is 0.135. The van der Waals surface area contributed by atoms with Crippen molar-refractivity contribution in [3.63, 3.8) is 0 Å². The summed E-state index contributed by atoms with van der Waals surface area (Å²) in [5, 5.41) is 0. The SMILES string of the molecule is CCN(C)C=Nc1cc(Br)c(OC(C)COc2ccccc2)nc1C. The third-order valence-corrected chi connectivity index (χ3v) is 4.11. The fraction of sp³-hybridized carbons (Fsp3) is 0.368. The number of aryl methyl sites for hydroxylation is 1. The zero-order valence-corrected chi connectivity index (χ0v) is 16.7. The molecule has 134 valence electrons. The Balaban J connectivity index is 1.99. The fourth-order valence-electron chi connectivity index (χ4n) is 1.96. The lowest BCUT2D eigenvalue weighted by atomic mass is 10.3. The molecule has 0 fully saturated rings. The van der Waals surface area contributed by atoms with Crippen LogP contribution in [0.15, 0.2) is 45.9 Å². The molecular weight excluding hydrogens is 382 g/mol. The van der Waals surface area contributed by atoms with Gasteiger partial charge in [0, 0.05) is 13.6 Å². The van der Waals surface area contributed by atoms with E-state index in [1.807, 2.05) is 62.2 Å². The van der Waals surface area contributed by atoms with Crippen LogP contribution in [0.25, 0.3) is 0 Å². The van der Waals surface area contributed by atoms with Gasteiger partial charge >= 0.3 is 0 Å². The lowest BCUT2D eigenvalue weighted by molar-refractivity contribution is 0.137. The Morgan fingerprint density at radius 2 is 2.04 bits per heavy atom. The molecule has 0 spiro atoms. The third-order valence-electron chi connectivity index (χ3n) is 3.54. The maximum atomic E-state index is 5.90. The van der Waals surface area contributed by atoms with Gasteiger partial charge in [-0.2, -0.15) is 0 Å². The Labute approximate surface area is 157 Å². The topological polar surface area (TPSA) is 47.0 Å². The van der Waals surface area contributed by atoms with E-state index in [9.17, 15) is 0 Å². The van der Waals surface area contributed by atoms with Gasteiger partial charge in [-0.25, -0.2) is 9.98 Å². The Bertz CT molecular complexity index is 707. The summed E-state index contributed by atoms with van der Waals surface area (Å²) in [5.41, 5.74) is 1.63. The van der Waals surface area contributed by atoms with Gasteiger partial charge in [0.05, 0.1) is 22.2 Å². The molecule has 1 heterocycles. The van der Waals surface area contributed by atoms with Crippen LogP contribution in [0.4, 0.5) is 5.69 Å². The number of hydrogen-bond donors (Lipinski definition) is 0. The second-order valence-electron chi connectivity index (χ2n) is 5.75. The van der Waals surface area contributed by atoms with Gasteiger partial charge in [-0.15, -0.1) is 0 Å². The van der Waals surface area contributed by atoms with Crippen molar-refractivity contribution < 1.29 is 9.47 Å². The smallest absolute Gasteiger partial charge is 0.228 e. The van der Waals surface area contributed by atoms with E-state index < -0.39 is 0 Å². The van der Waals surface area contributed by atoms with Gasteiger partial charge < -0.3 is 14.4 Å². The van der Waals surface area contributed by atoms with Crippen LogP contribution < -0.4 is 9.47 Å². The highest BCUT2D eigenvalue weighted by atomic mass is 79.9. The average molecular weight is 406 g/mol. The maximum absolute atomic E-state index is 5.90. The number of aromatic nitrogens is 1. The van der Waals surface area contributed by atoms with Crippen LogP contribution in [0.2, 0.25) is 0 Å². The molecule has 0 bridgehead atoms.